The fraction of sp³-hybridized carbons (Fsp3) is 0.0400. The first-order valence-electron chi connectivity index (χ1n) is 10.0. The highest BCUT2D eigenvalue weighted by Crippen LogP contribution is 2.25. The Bertz CT molecular complexity index is 1490. The molecule has 0 saturated carbocycles. The number of fused-ring (bicyclic) bond motifs is 1. The molecule has 3 aromatic carbocycles. The van der Waals surface area contributed by atoms with Crippen molar-refractivity contribution in [3.8, 4) is 17.1 Å². The average molecular weight is 422 g/mol. The van der Waals surface area contributed by atoms with Gasteiger partial charge in [0.2, 0.25) is 0 Å². The Balaban J connectivity index is 1.72. The van der Waals surface area contributed by atoms with Gasteiger partial charge in [0, 0.05) is 11.1 Å². The molecule has 7 heteroatoms. The normalized spacial score (nSPS) is 14.9. The van der Waals surface area contributed by atoms with E-state index in [9.17, 15) is 14.7 Å². The molecule has 0 bridgehead atoms. The van der Waals surface area contributed by atoms with Gasteiger partial charge in [-0.1, -0.05) is 60.7 Å². The summed E-state index contributed by atoms with van der Waals surface area (Å²) in [4.78, 5) is 36.0. The number of carbonyl (C=O) groups excluding carboxylic acids is 1. The molecule has 7 nitrogen and oxygen atoms in total. The largest absolute Gasteiger partial charge is 0.507 e. The third kappa shape index (κ3) is 3.16. The minimum absolute atomic E-state index is 0.0358. The van der Waals surface area contributed by atoms with Crippen LogP contribution in [-0.2, 0) is 4.79 Å². The fourth-order valence-corrected chi connectivity index (χ4v) is 3.69. The lowest BCUT2D eigenvalue weighted by molar-refractivity contribution is -0.115. The summed E-state index contributed by atoms with van der Waals surface area (Å²) in [5, 5.41) is 11.7. The number of amides is 1. The van der Waals surface area contributed by atoms with E-state index in [0.717, 1.165) is 0 Å². The highest BCUT2D eigenvalue weighted by atomic mass is 16.3. The monoisotopic (exact) mass is 422 g/mol. The molecule has 156 valence electrons. The van der Waals surface area contributed by atoms with Gasteiger partial charge in [-0.25, -0.2) is 9.98 Å². The zero-order valence-corrected chi connectivity index (χ0v) is 17.1. The van der Waals surface area contributed by atoms with Crippen LogP contribution in [0.5, 0.6) is 5.75 Å². The molecule has 4 aromatic rings. The van der Waals surface area contributed by atoms with Crippen molar-refractivity contribution in [3.63, 3.8) is 0 Å². The number of aromatic hydroxyl groups is 1. The molecule has 1 N–H and O–H groups in total. The Labute approximate surface area is 183 Å². The van der Waals surface area contributed by atoms with E-state index in [1.807, 2.05) is 36.4 Å². The number of aliphatic imine (C=N–C) groups is 1. The van der Waals surface area contributed by atoms with Crippen molar-refractivity contribution in [2.24, 2.45) is 4.99 Å². The third-order valence-electron chi connectivity index (χ3n) is 5.22. The molecular formula is C25H18N4O3. The molecule has 0 fully saturated rings. The predicted octanol–water partition coefficient (Wildman–Crippen LogP) is 3.71. The Morgan fingerprint density at radius 2 is 1.56 bits per heavy atom. The van der Waals surface area contributed by atoms with E-state index in [4.69, 9.17) is 4.98 Å². The molecule has 1 aliphatic heterocycles. The molecule has 0 aliphatic carbocycles. The molecule has 0 unspecified atom stereocenters. The lowest BCUT2D eigenvalue weighted by Gasteiger charge is -2.22. The van der Waals surface area contributed by atoms with E-state index in [2.05, 4.69) is 4.99 Å². The average Bonchev–Trinajstić information content (AvgIpc) is 3.08. The van der Waals surface area contributed by atoms with Gasteiger partial charge in [-0.3, -0.25) is 9.59 Å². The van der Waals surface area contributed by atoms with Gasteiger partial charge in [-0.05, 0) is 31.2 Å². The highest BCUT2D eigenvalue weighted by molar-refractivity contribution is 6.24. The zero-order chi connectivity index (χ0) is 22.2. The number of benzene rings is 3. The summed E-state index contributed by atoms with van der Waals surface area (Å²) in [6.45, 7) is 1.65. The maximum atomic E-state index is 13.5. The second kappa shape index (κ2) is 7.63. The topological polar surface area (TPSA) is 87.8 Å². The van der Waals surface area contributed by atoms with Crippen LogP contribution in [0.3, 0.4) is 0 Å². The van der Waals surface area contributed by atoms with Crippen LogP contribution in [0, 0.1) is 0 Å². The summed E-state index contributed by atoms with van der Waals surface area (Å²) in [7, 11) is 0. The lowest BCUT2D eigenvalue weighted by Crippen LogP contribution is -2.47. The molecule has 0 spiro atoms. The minimum atomic E-state index is -0.484. The van der Waals surface area contributed by atoms with Crippen molar-refractivity contribution in [2.45, 2.75) is 6.92 Å². The number of phenols is 1. The molecular weight excluding hydrogens is 404 g/mol. The summed E-state index contributed by atoms with van der Waals surface area (Å²) < 4.78 is 1.27. The number of para-hydroxylation sites is 2. The molecule has 1 amide bonds. The Morgan fingerprint density at radius 1 is 0.875 bits per heavy atom. The smallest absolute Gasteiger partial charge is 0.297 e. The standard InChI is InChI=1S/C25H18N4O3/c1-16-26-21(15-18-11-5-8-14-22(18)30)25(32)28(16)29-23(17-9-3-2-4-10-17)27-20-13-7-6-12-19(20)24(29)31/h2-15,30H,1H3/b21-15-. The highest BCUT2D eigenvalue weighted by Gasteiger charge is 2.32. The number of amidine groups is 1. The Morgan fingerprint density at radius 3 is 2.34 bits per heavy atom. The van der Waals surface area contributed by atoms with Crippen LogP contribution in [0.2, 0.25) is 0 Å². The van der Waals surface area contributed by atoms with Gasteiger partial charge in [0.1, 0.15) is 17.3 Å². The zero-order valence-electron chi connectivity index (χ0n) is 17.1. The van der Waals surface area contributed by atoms with E-state index in [-0.39, 0.29) is 17.0 Å². The lowest BCUT2D eigenvalue weighted by atomic mass is 10.1. The molecule has 0 atom stereocenters. The quantitative estimate of drug-likeness (QED) is 0.510. The van der Waals surface area contributed by atoms with E-state index in [1.54, 1.807) is 43.3 Å². The van der Waals surface area contributed by atoms with E-state index in [1.165, 1.54) is 21.8 Å². The molecule has 1 aliphatic rings. The van der Waals surface area contributed by atoms with Gasteiger partial charge in [0.25, 0.3) is 11.5 Å². The van der Waals surface area contributed by atoms with Crippen molar-refractivity contribution >= 4 is 28.7 Å². The van der Waals surface area contributed by atoms with Crippen LogP contribution >= 0.6 is 0 Å². The van der Waals surface area contributed by atoms with Gasteiger partial charge in [-0.2, -0.15) is 9.69 Å². The van der Waals surface area contributed by atoms with Crippen LogP contribution in [-0.4, -0.2) is 26.5 Å². The van der Waals surface area contributed by atoms with Gasteiger partial charge >= 0.3 is 0 Å². The number of carbonyl (C=O) groups is 1. The fourth-order valence-electron chi connectivity index (χ4n) is 3.69. The molecule has 0 saturated heterocycles. The van der Waals surface area contributed by atoms with Crippen LogP contribution < -0.4 is 10.6 Å². The Hall–Kier alpha value is -4.52. The molecule has 0 radical (unpaired) electrons. The van der Waals surface area contributed by atoms with Crippen molar-refractivity contribution in [3.05, 3.63) is 100 Å². The van der Waals surface area contributed by atoms with E-state index >= 15 is 0 Å². The van der Waals surface area contributed by atoms with Crippen molar-refractivity contribution in [2.75, 3.05) is 5.01 Å². The Kier molecular flexibility index (Phi) is 4.63. The predicted molar refractivity (Wildman–Crippen MR) is 124 cm³/mol. The van der Waals surface area contributed by atoms with Gasteiger partial charge < -0.3 is 5.11 Å². The number of nitrogens with zero attached hydrogens (tertiary/aromatic N) is 4. The molecule has 2 heterocycles. The first kappa shape index (κ1) is 19.4. The van der Waals surface area contributed by atoms with Crippen molar-refractivity contribution < 1.29 is 9.90 Å². The summed E-state index contributed by atoms with van der Waals surface area (Å²) >= 11 is 0. The number of aromatic nitrogens is 2. The van der Waals surface area contributed by atoms with Crippen molar-refractivity contribution in [1.82, 2.24) is 9.66 Å². The summed E-state index contributed by atoms with van der Waals surface area (Å²) in [6, 6.07) is 22.9. The third-order valence-corrected chi connectivity index (χ3v) is 5.22. The van der Waals surface area contributed by atoms with Crippen LogP contribution in [0.1, 0.15) is 12.5 Å². The second-order valence-corrected chi connectivity index (χ2v) is 7.30. The number of hydrogen-bond acceptors (Lipinski definition) is 5. The summed E-state index contributed by atoms with van der Waals surface area (Å²) in [6.07, 6.45) is 1.50. The first-order chi connectivity index (χ1) is 15.5. The first-order valence-corrected chi connectivity index (χ1v) is 10.0. The van der Waals surface area contributed by atoms with Gasteiger partial charge in [0.15, 0.2) is 5.82 Å². The summed E-state index contributed by atoms with van der Waals surface area (Å²) in [5.41, 5.74) is 1.43. The maximum absolute atomic E-state index is 13.5. The van der Waals surface area contributed by atoms with Gasteiger partial charge in [0.05, 0.1) is 10.9 Å². The van der Waals surface area contributed by atoms with Gasteiger partial charge in [-0.15, -0.1) is 0 Å². The summed E-state index contributed by atoms with van der Waals surface area (Å²) in [5.74, 6) is 0.213. The van der Waals surface area contributed by atoms with E-state index in [0.29, 0.717) is 33.7 Å². The molecule has 5 rings (SSSR count). The number of hydrogen-bond donors (Lipinski definition) is 1. The van der Waals surface area contributed by atoms with Crippen LogP contribution in [0.25, 0.3) is 28.4 Å². The minimum Gasteiger partial charge on any atom is -0.507 e. The molecule has 32 heavy (non-hydrogen) atoms. The maximum Gasteiger partial charge on any atom is 0.297 e. The molecule has 1 aromatic heterocycles. The van der Waals surface area contributed by atoms with Crippen molar-refractivity contribution in [1.29, 1.82) is 0 Å². The van der Waals surface area contributed by atoms with Crippen LogP contribution in [0.15, 0.2) is 94.3 Å². The number of rotatable bonds is 3. The van der Waals surface area contributed by atoms with Crippen LogP contribution in [0.4, 0.5) is 0 Å². The SMILES string of the molecule is CC1=N/C(=C\c2ccccc2O)C(=O)N1n1c(-c2ccccc2)nc2ccccc2c1=O. The second-order valence-electron chi connectivity index (χ2n) is 7.30. The van der Waals surface area contributed by atoms with E-state index < -0.39 is 5.91 Å². The number of phenolic OH excluding ortho intramolecular Hbond substituents is 1.